The van der Waals surface area contributed by atoms with Crippen molar-refractivity contribution in [1.82, 2.24) is 0 Å². The maximum absolute atomic E-state index is 9.42. The van der Waals surface area contributed by atoms with E-state index in [-0.39, 0.29) is 5.92 Å². The highest BCUT2D eigenvalue weighted by Gasteiger charge is 2.37. The second-order valence-corrected chi connectivity index (χ2v) is 7.87. The van der Waals surface area contributed by atoms with Crippen molar-refractivity contribution in [3.63, 3.8) is 0 Å². The minimum atomic E-state index is 0.212. The van der Waals surface area contributed by atoms with Gasteiger partial charge in [-0.3, -0.25) is 0 Å². The quantitative estimate of drug-likeness (QED) is 0.727. The molecule has 0 saturated heterocycles. The summed E-state index contributed by atoms with van der Waals surface area (Å²) < 4.78 is 0. The van der Waals surface area contributed by atoms with Crippen molar-refractivity contribution in [2.45, 2.75) is 56.6 Å². The van der Waals surface area contributed by atoms with Crippen LogP contribution in [0.25, 0.3) is 0 Å². The Bertz CT molecular complexity index is 460. The molecular weight excluding hydrogens is 262 g/mol. The average molecular weight is 287 g/mol. The Kier molecular flexibility index (Phi) is 5.16. The number of thioether (sulfide) groups is 1. The van der Waals surface area contributed by atoms with Crippen LogP contribution in [0.3, 0.4) is 0 Å². The highest BCUT2D eigenvalue weighted by Crippen LogP contribution is 2.46. The molecule has 0 amide bonds. The Hall–Kier alpha value is -0.940. The zero-order valence-electron chi connectivity index (χ0n) is 12.8. The van der Waals surface area contributed by atoms with E-state index in [4.69, 9.17) is 0 Å². The van der Waals surface area contributed by atoms with Crippen LogP contribution in [0.2, 0.25) is 0 Å². The molecule has 0 spiro atoms. The third-order valence-electron chi connectivity index (χ3n) is 5.00. The molecule has 20 heavy (non-hydrogen) atoms. The second-order valence-electron chi connectivity index (χ2n) is 6.56. The van der Waals surface area contributed by atoms with Gasteiger partial charge in [-0.15, -0.1) is 11.8 Å². The van der Waals surface area contributed by atoms with E-state index in [1.807, 2.05) is 11.8 Å². The number of hydrogen-bond acceptors (Lipinski definition) is 2. The Labute approximate surface area is 127 Å². The van der Waals surface area contributed by atoms with Crippen LogP contribution < -0.4 is 0 Å². The highest BCUT2D eigenvalue weighted by atomic mass is 32.2. The SMILES string of the molecule is CCC(C)(C)C1CCC(C#N)C(Sc2ccccc2)C1. The number of nitriles is 1. The lowest BCUT2D eigenvalue weighted by Crippen LogP contribution is -2.34. The summed E-state index contributed by atoms with van der Waals surface area (Å²) in [7, 11) is 0. The Morgan fingerprint density at radius 1 is 1.25 bits per heavy atom. The molecule has 1 aliphatic rings. The number of benzene rings is 1. The van der Waals surface area contributed by atoms with Crippen molar-refractivity contribution in [3.05, 3.63) is 30.3 Å². The van der Waals surface area contributed by atoms with E-state index in [2.05, 4.69) is 57.2 Å². The van der Waals surface area contributed by atoms with Crippen LogP contribution in [0.15, 0.2) is 35.2 Å². The molecule has 0 aromatic heterocycles. The molecule has 0 heterocycles. The third-order valence-corrected chi connectivity index (χ3v) is 6.37. The largest absolute Gasteiger partial charge is 0.198 e. The van der Waals surface area contributed by atoms with Gasteiger partial charge in [-0.05, 0) is 42.7 Å². The third kappa shape index (κ3) is 3.58. The summed E-state index contributed by atoms with van der Waals surface area (Å²) >= 11 is 1.91. The molecule has 1 aromatic carbocycles. The van der Waals surface area contributed by atoms with Gasteiger partial charge in [0.05, 0.1) is 12.0 Å². The van der Waals surface area contributed by atoms with Gasteiger partial charge in [0.15, 0.2) is 0 Å². The van der Waals surface area contributed by atoms with Gasteiger partial charge < -0.3 is 0 Å². The van der Waals surface area contributed by atoms with Crippen molar-refractivity contribution in [2.75, 3.05) is 0 Å². The van der Waals surface area contributed by atoms with E-state index in [0.717, 1.165) is 12.3 Å². The van der Waals surface area contributed by atoms with Crippen LogP contribution in [-0.2, 0) is 0 Å². The van der Waals surface area contributed by atoms with Crippen LogP contribution in [-0.4, -0.2) is 5.25 Å². The van der Waals surface area contributed by atoms with Crippen LogP contribution >= 0.6 is 11.8 Å². The summed E-state index contributed by atoms with van der Waals surface area (Å²) in [6, 6.07) is 13.1. The zero-order chi connectivity index (χ0) is 14.6. The number of rotatable bonds is 4. The smallest absolute Gasteiger partial charge is 0.0667 e. The van der Waals surface area contributed by atoms with E-state index in [9.17, 15) is 5.26 Å². The maximum Gasteiger partial charge on any atom is 0.0667 e. The fourth-order valence-electron chi connectivity index (χ4n) is 3.08. The van der Waals surface area contributed by atoms with Gasteiger partial charge in [0.25, 0.3) is 0 Å². The zero-order valence-corrected chi connectivity index (χ0v) is 13.6. The summed E-state index contributed by atoms with van der Waals surface area (Å²) in [5.41, 5.74) is 0.399. The van der Waals surface area contributed by atoms with E-state index in [0.29, 0.717) is 10.7 Å². The summed E-state index contributed by atoms with van der Waals surface area (Å²) in [6.45, 7) is 7.05. The van der Waals surface area contributed by atoms with Gasteiger partial charge in [0, 0.05) is 10.1 Å². The van der Waals surface area contributed by atoms with Crippen molar-refractivity contribution in [3.8, 4) is 6.07 Å². The standard InChI is InChI=1S/C18H25NS/c1-4-18(2,3)15-11-10-14(13-19)17(12-15)20-16-8-6-5-7-9-16/h5-9,14-15,17H,4,10-12H2,1-3H3. The van der Waals surface area contributed by atoms with E-state index < -0.39 is 0 Å². The first-order valence-electron chi connectivity index (χ1n) is 7.68. The van der Waals surface area contributed by atoms with Crippen LogP contribution in [0.1, 0.15) is 46.5 Å². The summed E-state index contributed by atoms with van der Waals surface area (Å²) in [6.07, 6.45) is 4.68. The molecule has 1 aromatic rings. The minimum Gasteiger partial charge on any atom is -0.198 e. The average Bonchev–Trinajstić information content (AvgIpc) is 2.48. The number of nitrogens with zero attached hydrogens (tertiary/aromatic N) is 1. The molecule has 1 aliphatic carbocycles. The molecule has 1 fully saturated rings. The van der Waals surface area contributed by atoms with E-state index in [1.165, 1.54) is 24.2 Å². The molecular formula is C18H25NS. The van der Waals surface area contributed by atoms with Gasteiger partial charge >= 0.3 is 0 Å². The summed E-state index contributed by atoms with van der Waals surface area (Å²) in [5, 5.41) is 9.87. The van der Waals surface area contributed by atoms with Crippen LogP contribution in [0.4, 0.5) is 0 Å². The van der Waals surface area contributed by atoms with Gasteiger partial charge in [0.1, 0.15) is 0 Å². The first kappa shape index (κ1) is 15.4. The second kappa shape index (κ2) is 6.68. The lowest BCUT2D eigenvalue weighted by atomic mass is 9.67. The normalized spacial score (nSPS) is 27.0. The van der Waals surface area contributed by atoms with Crippen LogP contribution in [0.5, 0.6) is 0 Å². The molecule has 0 radical (unpaired) electrons. The predicted octanol–water partition coefficient (Wildman–Crippen LogP) is 5.52. The van der Waals surface area contributed by atoms with Gasteiger partial charge in [0.2, 0.25) is 0 Å². The molecule has 108 valence electrons. The van der Waals surface area contributed by atoms with Gasteiger partial charge in [-0.2, -0.15) is 5.26 Å². The first-order chi connectivity index (χ1) is 9.56. The fourth-order valence-corrected chi connectivity index (χ4v) is 4.43. The molecule has 1 nitrogen and oxygen atoms in total. The molecule has 2 heteroatoms. The van der Waals surface area contributed by atoms with Crippen molar-refractivity contribution < 1.29 is 0 Å². The van der Waals surface area contributed by atoms with Crippen molar-refractivity contribution in [1.29, 1.82) is 5.26 Å². The summed E-state index contributed by atoms with van der Waals surface area (Å²) in [4.78, 5) is 1.30. The Morgan fingerprint density at radius 2 is 1.95 bits per heavy atom. The van der Waals surface area contributed by atoms with Crippen LogP contribution in [0, 0.1) is 28.6 Å². The molecule has 0 bridgehead atoms. The Balaban J connectivity index is 2.09. The molecule has 0 aliphatic heterocycles. The molecule has 1 saturated carbocycles. The monoisotopic (exact) mass is 287 g/mol. The maximum atomic E-state index is 9.42. The van der Waals surface area contributed by atoms with E-state index >= 15 is 0 Å². The van der Waals surface area contributed by atoms with Crippen molar-refractivity contribution in [2.24, 2.45) is 17.3 Å². The first-order valence-corrected chi connectivity index (χ1v) is 8.56. The molecule has 0 N–H and O–H groups in total. The lowest BCUT2D eigenvalue weighted by molar-refractivity contribution is 0.144. The topological polar surface area (TPSA) is 23.8 Å². The van der Waals surface area contributed by atoms with Gasteiger partial charge in [-0.1, -0.05) is 45.4 Å². The van der Waals surface area contributed by atoms with Crippen molar-refractivity contribution >= 4 is 11.8 Å². The number of hydrogen-bond donors (Lipinski definition) is 0. The van der Waals surface area contributed by atoms with Gasteiger partial charge in [-0.25, -0.2) is 0 Å². The molecule has 3 atom stereocenters. The molecule has 2 rings (SSSR count). The lowest BCUT2D eigenvalue weighted by Gasteiger charge is -2.41. The summed E-state index contributed by atoms with van der Waals surface area (Å²) in [5.74, 6) is 0.961. The highest BCUT2D eigenvalue weighted by molar-refractivity contribution is 8.00. The fraction of sp³-hybridized carbons (Fsp3) is 0.611. The Morgan fingerprint density at radius 3 is 2.55 bits per heavy atom. The minimum absolute atomic E-state index is 0.212. The molecule has 3 unspecified atom stereocenters. The van der Waals surface area contributed by atoms with E-state index in [1.54, 1.807) is 0 Å². The predicted molar refractivity (Wildman–Crippen MR) is 86.6 cm³/mol.